The second-order valence-corrected chi connectivity index (χ2v) is 6.47. The summed E-state index contributed by atoms with van der Waals surface area (Å²) in [5, 5.41) is 6.36. The smallest absolute Gasteiger partial charge is 0.146 e. The van der Waals surface area contributed by atoms with Crippen LogP contribution in [0.5, 0.6) is 0 Å². The van der Waals surface area contributed by atoms with Crippen LogP contribution in [0.1, 0.15) is 18.7 Å². The van der Waals surface area contributed by atoms with Gasteiger partial charge in [0.05, 0.1) is 18.5 Å². The number of ether oxygens (including phenoxy) is 1. The van der Waals surface area contributed by atoms with Gasteiger partial charge in [-0.15, -0.1) is 11.3 Å². The summed E-state index contributed by atoms with van der Waals surface area (Å²) < 4.78 is 5.30. The lowest BCUT2D eigenvalue weighted by atomic mass is 9.99. The molecule has 0 aromatic carbocycles. The Balaban J connectivity index is 1.75. The zero-order valence-corrected chi connectivity index (χ0v) is 13.4. The molecule has 5 nitrogen and oxygen atoms in total. The van der Waals surface area contributed by atoms with Gasteiger partial charge in [0.25, 0.3) is 0 Å². The van der Waals surface area contributed by atoms with E-state index >= 15 is 0 Å². The third-order valence-corrected chi connectivity index (χ3v) is 4.79. The number of hydrogen-bond acceptors (Lipinski definition) is 6. The average molecular weight is 306 g/mol. The number of hydrogen-bond donors (Lipinski definition) is 1. The summed E-state index contributed by atoms with van der Waals surface area (Å²) in [6.07, 6.45) is 2.49. The van der Waals surface area contributed by atoms with Gasteiger partial charge in [-0.2, -0.15) is 0 Å². The maximum atomic E-state index is 5.30. The van der Waals surface area contributed by atoms with E-state index in [0.717, 1.165) is 48.1 Å². The van der Waals surface area contributed by atoms with Gasteiger partial charge in [-0.25, -0.2) is 9.97 Å². The van der Waals surface area contributed by atoms with Crippen LogP contribution >= 0.6 is 11.3 Å². The van der Waals surface area contributed by atoms with Crippen LogP contribution in [0.25, 0.3) is 10.2 Å². The highest BCUT2D eigenvalue weighted by atomic mass is 32.1. The molecular weight excluding hydrogens is 284 g/mol. The molecule has 0 radical (unpaired) electrons. The number of likely N-dealkylation sites (tertiary alicyclic amines) is 1. The SMILES string of the molecule is CNc1nc(CN2CCCC(COC)C2)nc2sccc12. The lowest BCUT2D eigenvalue weighted by Gasteiger charge is -2.31. The van der Waals surface area contributed by atoms with Crippen LogP contribution < -0.4 is 5.32 Å². The van der Waals surface area contributed by atoms with Gasteiger partial charge in [-0.05, 0) is 36.8 Å². The number of methoxy groups -OCH3 is 1. The number of aromatic nitrogens is 2. The number of piperidine rings is 1. The third-order valence-electron chi connectivity index (χ3n) is 3.98. The van der Waals surface area contributed by atoms with E-state index < -0.39 is 0 Å². The largest absolute Gasteiger partial charge is 0.384 e. The number of nitrogens with zero attached hydrogens (tertiary/aromatic N) is 3. The van der Waals surface area contributed by atoms with Crippen LogP contribution in [-0.4, -0.2) is 48.7 Å². The predicted molar refractivity (Wildman–Crippen MR) is 86.8 cm³/mol. The molecule has 1 saturated heterocycles. The predicted octanol–water partition coefficient (Wildman–Crippen LogP) is 2.59. The quantitative estimate of drug-likeness (QED) is 0.920. The highest BCUT2D eigenvalue weighted by Crippen LogP contribution is 2.25. The fraction of sp³-hybridized carbons (Fsp3) is 0.600. The molecule has 0 spiro atoms. The maximum Gasteiger partial charge on any atom is 0.146 e. The van der Waals surface area contributed by atoms with Crippen LogP contribution in [0.4, 0.5) is 5.82 Å². The van der Waals surface area contributed by atoms with E-state index in [1.165, 1.54) is 12.8 Å². The van der Waals surface area contributed by atoms with E-state index in [9.17, 15) is 0 Å². The zero-order chi connectivity index (χ0) is 14.7. The second kappa shape index (κ2) is 6.68. The molecule has 1 fully saturated rings. The average Bonchev–Trinajstić information content (AvgIpc) is 2.95. The van der Waals surface area contributed by atoms with Crippen LogP contribution in [0.15, 0.2) is 11.4 Å². The van der Waals surface area contributed by atoms with Gasteiger partial charge < -0.3 is 10.1 Å². The molecular formula is C15H22N4OS. The highest BCUT2D eigenvalue weighted by molar-refractivity contribution is 7.16. The Hall–Kier alpha value is -1.24. The molecule has 3 rings (SSSR count). The first kappa shape index (κ1) is 14.7. The molecule has 0 bridgehead atoms. The molecule has 21 heavy (non-hydrogen) atoms. The fourth-order valence-electron chi connectivity index (χ4n) is 3.03. The number of thiophene rings is 1. The number of fused-ring (bicyclic) bond motifs is 1. The van der Waals surface area contributed by atoms with Crippen LogP contribution in [-0.2, 0) is 11.3 Å². The molecule has 0 amide bonds. The van der Waals surface area contributed by atoms with Crippen molar-refractivity contribution in [1.29, 1.82) is 0 Å². The van der Waals surface area contributed by atoms with Crippen molar-refractivity contribution in [3.63, 3.8) is 0 Å². The minimum Gasteiger partial charge on any atom is -0.384 e. The first-order valence-corrected chi connectivity index (χ1v) is 8.31. The fourth-order valence-corrected chi connectivity index (χ4v) is 3.81. The molecule has 1 atom stereocenters. The van der Waals surface area contributed by atoms with E-state index in [-0.39, 0.29) is 0 Å². The van der Waals surface area contributed by atoms with Gasteiger partial charge in [0.1, 0.15) is 16.5 Å². The maximum absolute atomic E-state index is 5.30. The van der Waals surface area contributed by atoms with Gasteiger partial charge in [-0.3, -0.25) is 4.90 Å². The molecule has 0 saturated carbocycles. The first-order valence-electron chi connectivity index (χ1n) is 7.43. The summed E-state index contributed by atoms with van der Waals surface area (Å²) in [4.78, 5) is 12.9. The first-order chi connectivity index (χ1) is 10.3. The Kier molecular flexibility index (Phi) is 4.67. The van der Waals surface area contributed by atoms with E-state index in [2.05, 4.69) is 26.6 Å². The van der Waals surface area contributed by atoms with Gasteiger partial charge >= 0.3 is 0 Å². The highest BCUT2D eigenvalue weighted by Gasteiger charge is 2.21. The summed E-state index contributed by atoms with van der Waals surface area (Å²) in [6, 6.07) is 2.07. The third kappa shape index (κ3) is 3.33. The van der Waals surface area contributed by atoms with Crippen molar-refractivity contribution in [2.45, 2.75) is 19.4 Å². The normalized spacial score (nSPS) is 20.0. The topological polar surface area (TPSA) is 50.3 Å². The van der Waals surface area contributed by atoms with Crippen molar-refractivity contribution in [3.8, 4) is 0 Å². The Bertz CT molecular complexity index is 598. The Labute approximate surface area is 129 Å². The second-order valence-electron chi connectivity index (χ2n) is 5.58. The zero-order valence-electron chi connectivity index (χ0n) is 12.6. The van der Waals surface area contributed by atoms with Crippen molar-refractivity contribution in [2.75, 3.05) is 39.2 Å². The summed E-state index contributed by atoms with van der Waals surface area (Å²) in [5.74, 6) is 2.48. The van der Waals surface area contributed by atoms with Gasteiger partial charge in [0.15, 0.2) is 0 Å². The Morgan fingerprint density at radius 1 is 1.48 bits per heavy atom. The van der Waals surface area contributed by atoms with Gasteiger partial charge in [0, 0.05) is 20.7 Å². The molecule has 3 heterocycles. The van der Waals surface area contributed by atoms with Crippen molar-refractivity contribution in [3.05, 3.63) is 17.3 Å². The van der Waals surface area contributed by atoms with Crippen LogP contribution in [0, 0.1) is 5.92 Å². The Morgan fingerprint density at radius 3 is 3.19 bits per heavy atom. The summed E-state index contributed by atoms with van der Waals surface area (Å²) >= 11 is 1.67. The number of rotatable bonds is 5. The number of nitrogens with one attached hydrogen (secondary N) is 1. The molecule has 1 aliphatic heterocycles. The molecule has 1 N–H and O–H groups in total. The lowest BCUT2D eigenvalue weighted by Crippen LogP contribution is -2.37. The lowest BCUT2D eigenvalue weighted by molar-refractivity contribution is 0.0862. The minimum atomic E-state index is 0.637. The van der Waals surface area contributed by atoms with E-state index in [1.807, 2.05) is 7.05 Å². The molecule has 1 aliphatic rings. The summed E-state index contributed by atoms with van der Waals surface area (Å²) in [5.41, 5.74) is 0. The Morgan fingerprint density at radius 2 is 2.38 bits per heavy atom. The molecule has 114 valence electrons. The molecule has 6 heteroatoms. The minimum absolute atomic E-state index is 0.637. The van der Waals surface area contributed by atoms with Crippen molar-refractivity contribution >= 4 is 27.4 Å². The van der Waals surface area contributed by atoms with E-state index in [4.69, 9.17) is 9.72 Å². The monoisotopic (exact) mass is 306 g/mol. The van der Waals surface area contributed by atoms with Crippen molar-refractivity contribution in [1.82, 2.24) is 14.9 Å². The van der Waals surface area contributed by atoms with Gasteiger partial charge in [0.2, 0.25) is 0 Å². The van der Waals surface area contributed by atoms with Gasteiger partial charge in [-0.1, -0.05) is 0 Å². The molecule has 2 aromatic rings. The molecule has 0 aliphatic carbocycles. The molecule has 2 aromatic heterocycles. The summed E-state index contributed by atoms with van der Waals surface area (Å²) in [7, 11) is 3.70. The number of anilines is 1. The van der Waals surface area contributed by atoms with Crippen molar-refractivity contribution < 1.29 is 4.74 Å². The van der Waals surface area contributed by atoms with Crippen molar-refractivity contribution in [2.24, 2.45) is 5.92 Å². The van der Waals surface area contributed by atoms with Crippen LogP contribution in [0.2, 0.25) is 0 Å². The standard InChI is InChI=1S/C15H22N4OS/c1-16-14-12-5-7-21-15(12)18-13(17-14)9-19-6-3-4-11(8-19)10-20-2/h5,7,11H,3-4,6,8-10H2,1-2H3,(H,16,17,18). The molecule has 1 unspecified atom stereocenters. The summed E-state index contributed by atoms with van der Waals surface area (Å²) in [6.45, 7) is 3.88. The van der Waals surface area contributed by atoms with E-state index in [0.29, 0.717) is 5.92 Å². The van der Waals surface area contributed by atoms with E-state index in [1.54, 1.807) is 18.4 Å². The van der Waals surface area contributed by atoms with Crippen LogP contribution in [0.3, 0.4) is 0 Å².